The number of aryl methyl sites for hydroxylation is 1. The zero-order valence-electron chi connectivity index (χ0n) is 14.8. The first-order chi connectivity index (χ1) is 10.6. The zero-order chi connectivity index (χ0) is 17.3. The van der Waals surface area contributed by atoms with Crippen molar-refractivity contribution in [2.24, 2.45) is 0 Å². The fraction of sp³-hybridized carbons (Fsp3) is 0.625. The summed E-state index contributed by atoms with van der Waals surface area (Å²) in [6.07, 6.45) is 1.79. The Hall–Kier alpha value is -1.60. The van der Waals surface area contributed by atoms with Gasteiger partial charge < -0.3 is 19.9 Å². The monoisotopic (exact) mass is 319 g/mol. The number of carbonyl (C=O) groups excluding carboxylic acids is 1. The van der Waals surface area contributed by atoms with E-state index in [1.807, 2.05) is 40.7 Å². The van der Waals surface area contributed by atoms with Crippen LogP contribution in [-0.2, 0) is 14.1 Å². The van der Waals surface area contributed by atoms with E-state index in [0.717, 1.165) is 16.8 Å². The van der Waals surface area contributed by atoms with E-state index in [4.69, 9.17) is 9.31 Å². The van der Waals surface area contributed by atoms with Crippen LogP contribution in [0, 0.1) is 6.92 Å². The molecule has 7 heteroatoms. The van der Waals surface area contributed by atoms with Crippen LogP contribution in [0.5, 0.6) is 0 Å². The average Bonchev–Trinajstić information content (AvgIpc) is 2.63. The number of hydrogen-bond donors (Lipinski definition) is 2. The Bertz CT molecular complexity index is 574. The van der Waals surface area contributed by atoms with E-state index in [0.29, 0.717) is 13.1 Å². The van der Waals surface area contributed by atoms with E-state index in [9.17, 15) is 4.79 Å². The molecular weight excluding hydrogens is 293 g/mol. The van der Waals surface area contributed by atoms with Crippen molar-refractivity contribution in [2.45, 2.75) is 52.7 Å². The van der Waals surface area contributed by atoms with Gasteiger partial charge in [-0.25, -0.2) is 4.98 Å². The van der Waals surface area contributed by atoms with Gasteiger partial charge in [0.1, 0.15) is 5.82 Å². The summed E-state index contributed by atoms with van der Waals surface area (Å²) in [5, 5.41) is 5.92. The number of rotatable bonds is 5. The molecule has 2 heterocycles. The first-order valence-corrected chi connectivity index (χ1v) is 7.93. The lowest BCUT2D eigenvalue weighted by atomic mass is 9.77. The third kappa shape index (κ3) is 4.03. The summed E-state index contributed by atoms with van der Waals surface area (Å²) >= 11 is 0. The van der Waals surface area contributed by atoms with Crippen molar-refractivity contribution >= 4 is 24.3 Å². The Balaban J connectivity index is 2.02. The van der Waals surface area contributed by atoms with Crippen LogP contribution in [0.15, 0.2) is 12.3 Å². The minimum absolute atomic E-state index is 0.0351. The van der Waals surface area contributed by atoms with Crippen molar-refractivity contribution in [3.05, 3.63) is 17.8 Å². The second-order valence-corrected chi connectivity index (χ2v) is 6.92. The Kier molecular flexibility index (Phi) is 5.01. The minimum atomic E-state index is -0.402. The van der Waals surface area contributed by atoms with Gasteiger partial charge in [0.25, 0.3) is 0 Å². The molecular formula is C16H26BN3O3. The summed E-state index contributed by atoms with van der Waals surface area (Å²) in [5.74, 6) is 0.736. The standard InChI is InChI=1S/C16H26BN3O3/c1-11-9-14(19-8-7-18-12(2)21)20-10-13(11)17-22-15(3,4)16(5,6)23-17/h9-10H,7-8H2,1-6H3,(H,18,21)(H,19,20). The van der Waals surface area contributed by atoms with E-state index in [1.54, 1.807) is 6.20 Å². The van der Waals surface area contributed by atoms with Crippen LogP contribution in [0.2, 0.25) is 0 Å². The molecule has 0 spiro atoms. The molecule has 0 unspecified atom stereocenters. The molecule has 0 bridgehead atoms. The summed E-state index contributed by atoms with van der Waals surface area (Å²) < 4.78 is 12.1. The van der Waals surface area contributed by atoms with Crippen molar-refractivity contribution in [1.82, 2.24) is 10.3 Å². The van der Waals surface area contributed by atoms with Gasteiger partial charge in [0.2, 0.25) is 5.91 Å². The topological polar surface area (TPSA) is 72.5 Å². The molecule has 23 heavy (non-hydrogen) atoms. The number of carbonyl (C=O) groups is 1. The quantitative estimate of drug-likeness (QED) is 0.631. The largest absolute Gasteiger partial charge is 0.496 e. The van der Waals surface area contributed by atoms with Crippen LogP contribution in [0.25, 0.3) is 0 Å². The van der Waals surface area contributed by atoms with Gasteiger partial charge >= 0.3 is 7.12 Å². The van der Waals surface area contributed by atoms with Gasteiger partial charge in [-0.3, -0.25) is 4.79 Å². The van der Waals surface area contributed by atoms with Gasteiger partial charge in [0, 0.05) is 31.7 Å². The van der Waals surface area contributed by atoms with Crippen molar-refractivity contribution in [3.63, 3.8) is 0 Å². The molecule has 0 aromatic carbocycles. The van der Waals surface area contributed by atoms with E-state index in [2.05, 4.69) is 15.6 Å². The maximum atomic E-state index is 10.8. The molecule has 0 atom stereocenters. The van der Waals surface area contributed by atoms with E-state index in [1.165, 1.54) is 6.92 Å². The minimum Gasteiger partial charge on any atom is -0.399 e. The molecule has 2 rings (SSSR count). The molecule has 1 aliphatic rings. The third-order valence-corrected chi connectivity index (χ3v) is 4.46. The van der Waals surface area contributed by atoms with Crippen molar-refractivity contribution in [3.8, 4) is 0 Å². The molecule has 126 valence electrons. The SMILES string of the molecule is CC(=O)NCCNc1cc(C)c(B2OC(C)(C)C(C)(C)O2)cn1. The molecule has 1 fully saturated rings. The lowest BCUT2D eigenvalue weighted by Gasteiger charge is -2.32. The highest BCUT2D eigenvalue weighted by Gasteiger charge is 2.52. The van der Waals surface area contributed by atoms with Crippen molar-refractivity contribution in [1.29, 1.82) is 0 Å². The number of nitrogens with one attached hydrogen (secondary N) is 2. The van der Waals surface area contributed by atoms with Gasteiger partial charge in [-0.1, -0.05) is 0 Å². The molecule has 1 aromatic rings. The number of hydrogen-bond acceptors (Lipinski definition) is 5. The van der Waals surface area contributed by atoms with Gasteiger partial charge in [-0.05, 0) is 46.2 Å². The maximum absolute atomic E-state index is 10.8. The highest BCUT2D eigenvalue weighted by Crippen LogP contribution is 2.36. The van der Waals surface area contributed by atoms with E-state index >= 15 is 0 Å². The van der Waals surface area contributed by atoms with Crippen LogP contribution in [0.4, 0.5) is 5.82 Å². The summed E-state index contributed by atoms with van der Waals surface area (Å²) in [4.78, 5) is 15.2. The Morgan fingerprint density at radius 3 is 2.35 bits per heavy atom. The van der Waals surface area contributed by atoms with Crippen LogP contribution in [0.3, 0.4) is 0 Å². The highest BCUT2D eigenvalue weighted by molar-refractivity contribution is 6.62. The number of aromatic nitrogens is 1. The van der Waals surface area contributed by atoms with Gasteiger partial charge in [0.15, 0.2) is 0 Å². The van der Waals surface area contributed by atoms with Crippen LogP contribution in [0.1, 0.15) is 40.2 Å². The van der Waals surface area contributed by atoms with Crippen molar-refractivity contribution < 1.29 is 14.1 Å². The molecule has 1 aromatic heterocycles. The Morgan fingerprint density at radius 2 is 1.83 bits per heavy atom. The molecule has 0 saturated carbocycles. The number of amides is 1. The van der Waals surface area contributed by atoms with Crippen LogP contribution in [-0.4, -0.2) is 42.3 Å². The predicted molar refractivity (Wildman–Crippen MR) is 91.9 cm³/mol. The molecule has 0 radical (unpaired) electrons. The molecule has 1 saturated heterocycles. The first kappa shape index (κ1) is 17.8. The van der Waals surface area contributed by atoms with Gasteiger partial charge in [0.05, 0.1) is 11.2 Å². The number of anilines is 1. The fourth-order valence-electron chi connectivity index (χ4n) is 2.31. The van der Waals surface area contributed by atoms with Crippen molar-refractivity contribution in [2.75, 3.05) is 18.4 Å². The maximum Gasteiger partial charge on any atom is 0.496 e. The lowest BCUT2D eigenvalue weighted by Crippen LogP contribution is -2.41. The van der Waals surface area contributed by atoms with Crippen LogP contribution >= 0.6 is 0 Å². The Morgan fingerprint density at radius 1 is 1.22 bits per heavy atom. The lowest BCUT2D eigenvalue weighted by molar-refractivity contribution is -0.118. The Labute approximate surface area is 138 Å². The van der Waals surface area contributed by atoms with E-state index < -0.39 is 7.12 Å². The van der Waals surface area contributed by atoms with Crippen LogP contribution < -0.4 is 16.1 Å². The molecule has 6 nitrogen and oxygen atoms in total. The predicted octanol–water partition coefficient (Wildman–Crippen LogP) is 1.24. The zero-order valence-corrected chi connectivity index (χ0v) is 14.8. The molecule has 1 amide bonds. The molecule has 0 aliphatic carbocycles. The number of pyridine rings is 1. The fourth-order valence-corrected chi connectivity index (χ4v) is 2.31. The van der Waals surface area contributed by atoms with Gasteiger partial charge in [-0.15, -0.1) is 0 Å². The normalized spacial score (nSPS) is 18.8. The second kappa shape index (κ2) is 6.49. The highest BCUT2D eigenvalue weighted by atomic mass is 16.7. The van der Waals surface area contributed by atoms with Gasteiger partial charge in [-0.2, -0.15) is 0 Å². The number of nitrogens with zero attached hydrogens (tertiary/aromatic N) is 1. The average molecular weight is 319 g/mol. The smallest absolute Gasteiger partial charge is 0.399 e. The molecule has 1 aliphatic heterocycles. The first-order valence-electron chi connectivity index (χ1n) is 7.93. The van der Waals surface area contributed by atoms with E-state index in [-0.39, 0.29) is 17.1 Å². The summed E-state index contributed by atoms with van der Waals surface area (Å²) in [6.45, 7) is 12.8. The third-order valence-electron chi connectivity index (χ3n) is 4.46. The summed E-state index contributed by atoms with van der Waals surface area (Å²) in [6, 6.07) is 1.97. The molecule has 2 N–H and O–H groups in total. The second-order valence-electron chi connectivity index (χ2n) is 6.92. The summed E-state index contributed by atoms with van der Waals surface area (Å²) in [5.41, 5.74) is 1.27. The summed E-state index contributed by atoms with van der Waals surface area (Å²) in [7, 11) is -0.402.